The van der Waals surface area contributed by atoms with Crippen LogP contribution in [0.25, 0.3) is 0 Å². The predicted molar refractivity (Wildman–Crippen MR) is 88.7 cm³/mol. The van der Waals surface area contributed by atoms with Gasteiger partial charge in [-0.2, -0.15) is 0 Å². The Morgan fingerprint density at radius 3 is 2.36 bits per heavy atom. The summed E-state index contributed by atoms with van der Waals surface area (Å²) in [5, 5.41) is 12.7. The fourth-order valence-electron chi connectivity index (χ4n) is 2.99. The number of hydrogen-bond acceptors (Lipinski definition) is 4. The van der Waals surface area contributed by atoms with Crippen molar-refractivity contribution in [3.63, 3.8) is 0 Å². The Balaban J connectivity index is 2.20. The van der Waals surface area contributed by atoms with Crippen molar-refractivity contribution >= 4 is 9.84 Å². The molecule has 0 saturated heterocycles. The number of aryl methyl sites for hydroxylation is 1. The van der Waals surface area contributed by atoms with Gasteiger partial charge in [-0.05, 0) is 45.7 Å². The molecular formula is C17H27NO3S. The summed E-state index contributed by atoms with van der Waals surface area (Å²) in [5.41, 5.74) is 0.217. The number of aliphatic hydroxyl groups is 1. The Kier molecular flexibility index (Phi) is 5.30. The van der Waals surface area contributed by atoms with E-state index in [2.05, 4.69) is 5.32 Å². The topological polar surface area (TPSA) is 66.4 Å². The van der Waals surface area contributed by atoms with Crippen LogP contribution in [0.4, 0.5) is 0 Å². The molecule has 2 atom stereocenters. The van der Waals surface area contributed by atoms with Gasteiger partial charge in [0.15, 0.2) is 9.84 Å². The quantitative estimate of drug-likeness (QED) is 0.872. The number of rotatable bonds is 5. The highest BCUT2D eigenvalue weighted by Gasteiger charge is 2.36. The third-order valence-corrected chi connectivity index (χ3v) is 6.54. The highest BCUT2D eigenvalue weighted by molar-refractivity contribution is 7.92. The standard InChI is InChI=1S/C17H27NO3S/c1-13-8-10-14(11-9-13)22(20,21)16-7-5-4-6-15(16)18-12-17(2,3)19/h8-11,15-16,18-19H,4-7,12H2,1-3H3/t15-,16+/m1/s1. The normalized spacial score (nSPS) is 23.5. The van der Waals surface area contributed by atoms with Crippen LogP contribution in [0.3, 0.4) is 0 Å². The number of sulfone groups is 1. The lowest BCUT2D eigenvalue weighted by molar-refractivity contribution is 0.0747. The van der Waals surface area contributed by atoms with Crippen molar-refractivity contribution in [2.24, 2.45) is 0 Å². The van der Waals surface area contributed by atoms with Gasteiger partial charge in [0, 0.05) is 12.6 Å². The molecule has 0 radical (unpaired) electrons. The maximum atomic E-state index is 12.9. The smallest absolute Gasteiger partial charge is 0.182 e. The third kappa shape index (κ3) is 4.31. The van der Waals surface area contributed by atoms with Crippen molar-refractivity contribution in [2.75, 3.05) is 6.54 Å². The molecule has 4 nitrogen and oxygen atoms in total. The maximum absolute atomic E-state index is 12.9. The molecule has 0 aromatic heterocycles. The molecule has 0 bridgehead atoms. The summed E-state index contributed by atoms with van der Waals surface area (Å²) in [7, 11) is -3.34. The Labute approximate surface area is 133 Å². The first-order chi connectivity index (χ1) is 10.2. The maximum Gasteiger partial charge on any atom is 0.182 e. The number of nitrogens with one attached hydrogen (secondary N) is 1. The zero-order valence-corrected chi connectivity index (χ0v) is 14.5. The van der Waals surface area contributed by atoms with Gasteiger partial charge in [-0.15, -0.1) is 0 Å². The van der Waals surface area contributed by atoms with E-state index in [1.165, 1.54) is 0 Å². The summed E-state index contributed by atoms with van der Waals surface area (Å²) in [6.07, 6.45) is 3.49. The Hall–Kier alpha value is -0.910. The molecule has 1 aromatic carbocycles. The molecule has 1 aliphatic carbocycles. The van der Waals surface area contributed by atoms with Crippen LogP contribution < -0.4 is 5.32 Å². The summed E-state index contributed by atoms with van der Waals surface area (Å²) < 4.78 is 25.9. The van der Waals surface area contributed by atoms with Gasteiger partial charge in [0.25, 0.3) is 0 Å². The molecule has 0 amide bonds. The summed E-state index contributed by atoms with van der Waals surface area (Å²) in [6, 6.07) is 6.99. The molecule has 0 aliphatic heterocycles. The molecule has 22 heavy (non-hydrogen) atoms. The third-order valence-electron chi connectivity index (χ3n) is 4.25. The van der Waals surface area contributed by atoms with E-state index < -0.39 is 20.7 Å². The molecule has 1 aromatic rings. The second kappa shape index (κ2) is 6.69. The van der Waals surface area contributed by atoms with Gasteiger partial charge >= 0.3 is 0 Å². The summed E-state index contributed by atoms with van der Waals surface area (Å²) >= 11 is 0. The van der Waals surface area contributed by atoms with Gasteiger partial charge < -0.3 is 10.4 Å². The summed E-state index contributed by atoms with van der Waals surface area (Å²) in [6.45, 7) is 5.81. The van der Waals surface area contributed by atoms with Crippen LogP contribution >= 0.6 is 0 Å². The van der Waals surface area contributed by atoms with Crippen molar-refractivity contribution < 1.29 is 13.5 Å². The predicted octanol–water partition coefficient (Wildman–Crippen LogP) is 2.44. The first-order valence-corrected chi connectivity index (χ1v) is 9.51. The SMILES string of the molecule is Cc1ccc(S(=O)(=O)[C@H]2CCCC[C@H]2NCC(C)(C)O)cc1. The minimum Gasteiger partial charge on any atom is -0.389 e. The molecule has 124 valence electrons. The van der Waals surface area contributed by atoms with Crippen LogP contribution in [-0.4, -0.2) is 37.0 Å². The molecule has 1 fully saturated rings. The number of hydrogen-bond donors (Lipinski definition) is 2. The molecule has 0 unspecified atom stereocenters. The summed E-state index contributed by atoms with van der Waals surface area (Å²) in [4.78, 5) is 0.403. The van der Waals surface area contributed by atoms with Crippen molar-refractivity contribution in [2.45, 2.75) is 68.2 Å². The van der Waals surface area contributed by atoms with E-state index in [1.54, 1.807) is 26.0 Å². The largest absolute Gasteiger partial charge is 0.389 e. The van der Waals surface area contributed by atoms with Crippen molar-refractivity contribution in [1.29, 1.82) is 0 Å². The average Bonchev–Trinajstić information content (AvgIpc) is 2.45. The van der Waals surface area contributed by atoms with Crippen molar-refractivity contribution in [3.05, 3.63) is 29.8 Å². The molecule has 5 heteroatoms. The number of benzene rings is 1. The van der Waals surface area contributed by atoms with E-state index in [-0.39, 0.29) is 6.04 Å². The lowest BCUT2D eigenvalue weighted by Crippen LogP contribution is -2.50. The minimum absolute atomic E-state index is 0.0912. The zero-order valence-electron chi connectivity index (χ0n) is 13.7. The van der Waals surface area contributed by atoms with E-state index >= 15 is 0 Å². The van der Waals surface area contributed by atoms with Crippen LogP contribution in [0.2, 0.25) is 0 Å². The van der Waals surface area contributed by atoms with Crippen molar-refractivity contribution in [3.8, 4) is 0 Å². The average molecular weight is 325 g/mol. The second-order valence-electron chi connectivity index (χ2n) is 6.98. The van der Waals surface area contributed by atoms with Crippen LogP contribution in [0.1, 0.15) is 45.1 Å². The summed E-state index contributed by atoms with van der Waals surface area (Å²) in [5.74, 6) is 0. The second-order valence-corrected chi connectivity index (χ2v) is 9.15. The molecule has 1 saturated carbocycles. The van der Waals surface area contributed by atoms with Gasteiger partial charge in [0.05, 0.1) is 15.7 Å². The molecule has 1 aliphatic rings. The highest BCUT2D eigenvalue weighted by Crippen LogP contribution is 2.29. The molecule has 0 heterocycles. The lowest BCUT2D eigenvalue weighted by Gasteiger charge is -2.33. The van der Waals surface area contributed by atoms with Gasteiger partial charge in [-0.25, -0.2) is 8.42 Å². The fraction of sp³-hybridized carbons (Fsp3) is 0.647. The highest BCUT2D eigenvalue weighted by atomic mass is 32.2. The molecule has 2 N–H and O–H groups in total. The van der Waals surface area contributed by atoms with E-state index in [9.17, 15) is 13.5 Å². The molecule has 0 spiro atoms. The van der Waals surface area contributed by atoms with E-state index in [1.807, 2.05) is 19.1 Å². The van der Waals surface area contributed by atoms with E-state index in [0.29, 0.717) is 17.9 Å². The fourth-order valence-corrected chi connectivity index (χ4v) is 4.99. The van der Waals surface area contributed by atoms with Gasteiger partial charge in [0.1, 0.15) is 0 Å². The molecular weight excluding hydrogens is 298 g/mol. The van der Waals surface area contributed by atoms with Crippen LogP contribution in [0.15, 0.2) is 29.2 Å². The molecule has 2 rings (SSSR count). The van der Waals surface area contributed by atoms with Crippen LogP contribution in [0, 0.1) is 6.92 Å². The minimum atomic E-state index is -3.34. The van der Waals surface area contributed by atoms with Crippen LogP contribution in [-0.2, 0) is 9.84 Å². The van der Waals surface area contributed by atoms with Crippen LogP contribution in [0.5, 0.6) is 0 Å². The first kappa shape index (κ1) is 17.4. The van der Waals surface area contributed by atoms with Gasteiger partial charge in [-0.1, -0.05) is 30.5 Å². The van der Waals surface area contributed by atoms with Crippen molar-refractivity contribution in [1.82, 2.24) is 5.32 Å². The van der Waals surface area contributed by atoms with Gasteiger partial charge in [0.2, 0.25) is 0 Å². The van der Waals surface area contributed by atoms with Gasteiger partial charge in [-0.3, -0.25) is 0 Å². The Morgan fingerprint density at radius 2 is 1.77 bits per heavy atom. The zero-order chi connectivity index (χ0) is 16.4. The Bertz CT molecular complexity index is 587. The Morgan fingerprint density at radius 1 is 1.18 bits per heavy atom. The lowest BCUT2D eigenvalue weighted by atomic mass is 9.94. The monoisotopic (exact) mass is 325 g/mol. The van der Waals surface area contributed by atoms with E-state index in [0.717, 1.165) is 24.8 Å². The van der Waals surface area contributed by atoms with E-state index in [4.69, 9.17) is 0 Å². The first-order valence-electron chi connectivity index (χ1n) is 7.96.